The Morgan fingerprint density at radius 3 is 1.61 bits per heavy atom. The lowest BCUT2D eigenvalue weighted by Crippen LogP contribution is -2.38. The Bertz CT molecular complexity index is 1200. The van der Waals surface area contributed by atoms with Crippen molar-refractivity contribution in [1.29, 1.82) is 0 Å². The first kappa shape index (κ1) is 27.1. The molecule has 2 N–H and O–H groups in total. The second-order valence-corrected chi connectivity index (χ2v) is 10.5. The van der Waals surface area contributed by atoms with Gasteiger partial charge in [-0.25, -0.2) is 0 Å². The predicted octanol–water partition coefficient (Wildman–Crippen LogP) is 5.38. The van der Waals surface area contributed by atoms with Crippen LogP contribution in [0.3, 0.4) is 0 Å². The largest absolute Gasteiger partial charge is 0.468 e. The van der Waals surface area contributed by atoms with Crippen molar-refractivity contribution in [2.45, 2.75) is 30.6 Å². The van der Waals surface area contributed by atoms with E-state index in [1.165, 1.54) is 30.6 Å². The number of amides is 2. The fourth-order valence-electron chi connectivity index (χ4n) is 2.95. The first-order valence-electron chi connectivity index (χ1n) is 11.2. The number of methoxy groups -OCH3 is 1. The molecule has 0 unspecified atom stereocenters. The molecule has 0 aliphatic heterocycles. The van der Waals surface area contributed by atoms with E-state index < -0.39 is 17.8 Å². The summed E-state index contributed by atoms with van der Waals surface area (Å²) in [5.41, 5.74) is 3.71. The smallest absolute Gasteiger partial charge is 0.325 e. The first-order chi connectivity index (χ1) is 17.2. The standard InChI is InChI=1S/C28H28N2O4S2/c1-18-5-11-21(12-6-18)26(32)30-25(27(33)29-17-24(31)34-4)28(35-22-13-7-19(2)8-14-22)36-23-15-9-20(3)10-16-23/h5-16H,17H2,1-4H3,(H,29,33)(H,30,32). The fourth-order valence-corrected chi connectivity index (χ4v) is 5.16. The van der Waals surface area contributed by atoms with E-state index >= 15 is 0 Å². The molecule has 0 heterocycles. The molecule has 0 aromatic heterocycles. The Morgan fingerprint density at radius 2 is 1.17 bits per heavy atom. The van der Waals surface area contributed by atoms with Crippen molar-refractivity contribution in [3.05, 3.63) is 105 Å². The van der Waals surface area contributed by atoms with E-state index in [1.807, 2.05) is 81.4 Å². The van der Waals surface area contributed by atoms with Gasteiger partial charge in [-0.3, -0.25) is 14.4 Å². The summed E-state index contributed by atoms with van der Waals surface area (Å²) in [6.45, 7) is 5.61. The van der Waals surface area contributed by atoms with Crippen LogP contribution in [0, 0.1) is 20.8 Å². The van der Waals surface area contributed by atoms with Gasteiger partial charge in [0.2, 0.25) is 0 Å². The van der Waals surface area contributed by atoms with E-state index in [2.05, 4.69) is 15.4 Å². The van der Waals surface area contributed by atoms with E-state index in [9.17, 15) is 14.4 Å². The highest BCUT2D eigenvalue weighted by Gasteiger charge is 2.22. The predicted molar refractivity (Wildman–Crippen MR) is 145 cm³/mol. The molecule has 0 saturated carbocycles. The molecule has 0 radical (unpaired) electrons. The van der Waals surface area contributed by atoms with Crippen LogP contribution in [0.2, 0.25) is 0 Å². The lowest BCUT2D eigenvalue weighted by atomic mass is 10.1. The average Bonchev–Trinajstić information content (AvgIpc) is 2.88. The van der Waals surface area contributed by atoms with Crippen LogP contribution < -0.4 is 10.6 Å². The molecule has 8 heteroatoms. The second-order valence-electron chi connectivity index (χ2n) is 8.07. The maximum Gasteiger partial charge on any atom is 0.325 e. The van der Waals surface area contributed by atoms with Gasteiger partial charge in [0.05, 0.1) is 11.3 Å². The summed E-state index contributed by atoms with van der Waals surface area (Å²) in [7, 11) is 1.25. The van der Waals surface area contributed by atoms with Crippen molar-refractivity contribution in [3.8, 4) is 0 Å². The van der Waals surface area contributed by atoms with Crippen LogP contribution in [0.1, 0.15) is 27.0 Å². The molecule has 3 rings (SSSR count). The van der Waals surface area contributed by atoms with Crippen LogP contribution in [-0.4, -0.2) is 31.4 Å². The van der Waals surface area contributed by atoms with Crippen LogP contribution >= 0.6 is 23.5 Å². The molecule has 36 heavy (non-hydrogen) atoms. The zero-order valence-electron chi connectivity index (χ0n) is 20.6. The molecule has 0 saturated heterocycles. The second kappa shape index (κ2) is 13.0. The number of carbonyl (C=O) groups excluding carboxylic acids is 3. The molecule has 0 bridgehead atoms. The van der Waals surface area contributed by atoms with Gasteiger partial charge in [0, 0.05) is 15.4 Å². The Hall–Kier alpha value is -3.49. The van der Waals surface area contributed by atoms with E-state index in [1.54, 1.807) is 12.1 Å². The zero-order valence-corrected chi connectivity index (χ0v) is 22.2. The summed E-state index contributed by atoms with van der Waals surface area (Å²) >= 11 is 2.73. The van der Waals surface area contributed by atoms with Gasteiger partial charge in [-0.05, 0) is 57.2 Å². The van der Waals surface area contributed by atoms with E-state index in [4.69, 9.17) is 0 Å². The first-order valence-corrected chi connectivity index (χ1v) is 12.8. The number of hydrogen-bond acceptors (Lipinski definition) is 6. The highest BCUT2D eigenvalue weighted by Crippen LogP contribution is 2.41. The summed E-state index contributed by atoms with van der Waals surface area (Å²) in [6, 6.07) is 22.8. The molecule has 0 fully saturated rings. The number of rotatable bonds is 9. The molecular formula is C28H28N2O4S2. The van der Waals surface area contributed by atoms with Gasteiger partial charge in [0.25, 0.3) is 11.8 Å². The molecule has 0 aliphatic rings. The van der Waals surface area contributed by atoms with E-state index in [0.717, 1.165) is 26.5 Å². The highest BCUT2D eigenvalue weighted by atomic mass is 32.2. The third-order valence-corrected chi connectivity index (χ3v) is 7.36. The average molecular weight is 521 g/mol. The van der Waals surface area contributed by atoms with Crippen LogP contribution in [0.15, 0.2) is 92.5 Å². The lowest BCUT2D eigenvalue weighted by molar-refractivity contribution is -0.140. The summed E-state index contributed by atoms with van der Waals surface area (Å²) in [4.78, 5) is 39.9. The number of aryl methyl sites for hydroxylation is 3. The normalized spacial score (nSPS) is 10.3. The zero-order chi connectivity index (χ0) is 26.1. The van der Waals surface area contributed by atoms with Gasteiger partial charge < -0.3 is 15.4 Å². The topological polar surface area (TPSA) is 84.5 Å². The third-order valence-electron chi connectivity index (χ3n) is 5.07. The minimum atomic E-state index is -0.591. The van der Waals surface area contributed by atoms with Crippen LogP contribution in [-0.2, 0) is 14.3 Å². The van der Waals surface area contributed by atoms with Crippen molar-refractivity contribution < 1.29 is 19.1 Å². The number of benzene rings is 3. The van der Waals surface area contributed by atoms with Crippen molar-refractivity contribution in [2.75, 3.05) is 13.7 Å². The lowest BCUT2D eigenvalue weighted by Gasteiger charge is -2.16. The molecule has 0 aliphatic carbocycles. The molecule has 0 atom stereocenters. The van der Waals surface area contributed by atoms with E-state index in [0.29, 0.717) is 9.80 Å². The minimum Gasteiger partial charge on any atom is -0.468 e. The van der Waals surface area contributed by atoms with Crippen molar-refractivity contribution >= 4 is 41.3 Å². The number of thioether (sulfide) groups is 2. The summed E-state index contributed by atoms with van der Waals surface area (Å²) in [5, 5.41) is 5.35. The van der Waals surface area contributed by atoms with Crippen LogP contribution in [0.5, 0.6) is 0 Å². The van der Waals surface area contributed by atoms with Gasteiger partial charge in [-0.15, -0.1) is 0 Å². The summed E-state index contributed by atoms with van der Waals surface area (Å²) in [5.74, 6) is -1.61. The quantitative estimate of drug-likeness (QED) is 0.224. The molecule has 0 spiro atoms. The monoisotopic (exact) mass is 520 g/mol. The van der Waals surface area contributed by atoms with Gasteiger partial charge in [-0.1, -0.05) is 76.6 Å². The summed E-state index contributed by atoms with van der Waals surface area (Å²) in [6.07, 6.45) is 0. The highest BCUT2D eigenvalue weighted by molar-refractivity contribution is 8.22. The Morgan fingerprint density at radius 1 is 0.722 bits per heavy atom. The van der Waals surface area contributed by atoms with Crippen LogP contribution in [0.25, 0.3) is 0 Å². The Labute approximate surface area is 219 Å². The number of carbonyl (C=O) groups is 3. The van der Waals surface area contributed by atoms with Crippen molar-refractivity contribution in [2.24, 2.45) is 0 Å². The molecule has 3 aromatic carbocycles. The number of esters is 1. The van der Waals surface area contributed by atoms with Crippen molar-refractivity contribution in [1.82, 2.24) is 10.6 Å². The van der Waals surface area contributed by atoms with Gasteiger partial charge in [0.15, 0.2) is 0 Å². The molecule has 186 valence electrons. The molecule has 6 nitrogen and oxygen atoms in total. The van der Waals surface area contributed by atoms with E-state index in [-0.39, 0.29) is 12.2 Å². The fraction of sp³-hybridized carbons (Fsp3) is 0.179. The number of nitrogens with one attached hydrogen (secondary N) is 2. The Balaban J connectivity index is 2.04. The van der Waals surface area contributed by atoms with Crippen molar-refractivity contribution in [3.63, 3.8) is 0 Å². The molecule has 3 aromatic rings. The molecular weight excluding hydrogens is 492 g/mol. The molecule has 2 amide bonds. The van der Waals surface area contributed by atoms with Gasteiger partial charge in [-0.2, -0.15) is 0 Å². The minimum absolute atomic E-state index is 0.0561. The summed E-state index contributed by atoms with van der Waals surface area (Å²) < 4.78 is 5.21. The van der Waals surface area contributed by atoms with Gasteiger partial charge in [0.1, 0.15) is 12.2 Å². The maximum atomic E-state index is 13.3. The maximum absolute atomic E-state index is 13.3. The Kier molecular flexibility index (Phi) is 9.78. The third kappa shape index (κ3) is 8.03. The van der Waals surface area contributed by atoms with Crippen LogP contribution in [0.4, 0.5) is 0 Å². The number of ether oxygens (including phenoxy) is 1. The SMILES string of the molecule is COC(=O)CNC(=O)C(NC(=O)c1ccc(C)cc1)=C(Sc1ccc(C)cc1)Sc1ccc(C)cc1. The number of hydrogen-bond donors (Lipinski definition) is 2. The van der Waals surface area contributed by atoms with Gasteiger partial charge >= 0.3 is 5.97 Å².